The number of amides is 2. The van der Waals surface area contributed by atoms with E-state index in [-0.39, 0.29) is 24.2 Å². The van der Waals surface area contributed by atoms with E-state index in [9.17, 15) is 9.59 Å². The van der Waals surface area contributed by atoms with Gasteiger partial charge < -0.3 is 26.6 Å². The summed E-state index contributed by atoms with van der Waals surface area (Å²) in [5, 5.41) is 8.94. The van der Waals surface area contributed by atoms with Crippen LogP contribution < -0.4 is 26.6 Å². The molecule has 0 spiro atoms. The number of nitrogens with zero attached hydrogens (tertiary/aromatic N) is 2. The van der Waals surface area contributed by atoms with Crippen molar-refractivity contribution in [3.8, 4) is 0 Å². The first-order valence-corrected chi connectivity index (χ1v) is 7.14. The largest absolute Gasteiger partial charge is 0.382 e. The maximum atomic E-state index is 12.0. The summed E-state index contributed by atoms with van der Waals surface area (Å²) in [7, 11) is 1.51. The molecular weight excluding hydrogens is 280 g/mol. The minimum absolute atomic E-state index is 0.0738. The van der Waals surface area contributed by atoms with Gasteiger partial charge in [-0.3, -0.25) is 9.59 Å². The fourth-order valence-electron chi connectivity index (χ4n) is 1.80. The second-order valence-corrected chi connectivity index (χ2v) is 5.28. The average molecular weight is 298 g/mol. The lowest BCUT2D eigenvalue weighted by atomic mass is 10.4. The van der Waals surface area contributed by atoms with Crippen LogP contribution in [0.3, 0.4) is 0 Å². The number of carbonyl (C=O) groups excluding carboxylic acids is 2. The number of nitrogens with two attached hydrogens (primary N) is 1. The van der Waals surface area contributed by atoms with Gasteiger partial charge in [0.25, 0.3) is 5.91 Å². The van der Waals surface area contributed by atoms with Crippen molar-refractivity contribution < 1.29 is 9.59 Å². The van der Waals surface area contributed by atoms with Gasteiger partial charge in [0, 0.05) is 33.2 Å². The van der Waals surface area contributed by atoms with Crippen LogP contribution in [-0.2, 0) is 4.79 Å². The zero-order chi connectivity index (χ0) is 14.5. The molecule has 110 valence electrons. The minimum Gasteiger partial charge on any atom is -0.382 e. The molecule has 9 heteroatoms. The van der Waals surface area contributed by atoms with Crippen molar-refractivity contribution in [1.29, 1.82) is 0 Å². The normalized spacial score (nSPS) is 14.9. The molecule has 20 heavy (non-hydrogen) atoms. The highest BCUT2D eigenvalue weighted by Gasteiger charge is 2.20. The number of likely N-dealkylation sites (N-methyl/N-ethyl adjacent to an activating group) is 1. The van der Waals surface area contributed by atoms with Gasteiger partial charge in [-0.25, -0.2) is 4.98 Å². The van der Waals surface area contributed by atoms with Crippen molar-refractivity contribution in [2.75, 3.05) is 50.4 Å². The van der Waals surface area contributed by atoms with Crippen molar-refractivity contribution in [3.05, 3.63) is 4.88 Å². The highest BCUT2D eigenvalue weighted by Crippen LogP contribution is 2.28. The van der Waals surface area contributed by atoms with Gasteiger partial charge in [0.05, 0.1) is 6.54 Å². The third-order valence-corrected chi connectivity index (χ3v) is 4.05. The molecule has 0 unspecified atom stereocenters. The number of hydrogen-bond donors (Lipinski definition) is 4. The summed E-state index contributed by atoms with van der Waals surface area (Å²) in [5.74, 6) is -0.424. The Balaban J connectivity index is 2.02. The van der Waals surface area contributed by atoms with Crippen LogP contribution in [0.4, 0.5) is 10.9 Å². The summed E-state index contributed by atoms with van der Waals surface area (Å²) < 4.78 is 0. The molecule has 2 heterocycles. The fraction of sp³-hybridized carbons (Fsp3) is 0.545. The fourth-order valence-corrected chi connectivity index (χ4v) is 2.76. The summed E-state index contributed by atoms with van der Waals surface area (Å²) in [6, 6.07) is 0. The van der Waals surface area contributed by atoms with Crippen molar-refractivity contribution >= 4 is 34.1 Å². The topological polar surface area (TPSA) is 112 Å². The van der Waals surface area contributed by atoms with E-state index in [2.05, 4.69) is 25.8 Å². The van der Waals surface area contributed by atoms with Crippen LogP contribution >= 0.6 is 11.3 Å². The van der Waals surface area contributed by atoms with Gasteiger partial charge in [-0.05, 0) is 0 Å². The molecule has 1 aliphatic rings. The van der Waals surface area contributed by atoms with Crippen molar-refractivity contribution in [2.45, 2.75) is 0 Å². The summed E-state index contributed by atoms with van der Waals surface area (Å²) in [4.78, 5) is 29.7. The summed E-state index contributed by atoms with van der Waals surface area (Å²) >= 11 is 1.25. The van der Waals surface area contributed by atoms with Gasteiger partial charge >= 0.3 is 0 Å². The number of hydrogen-bond acceptors (Lipinski definition) is 7. The Labute approximate surface area is 120 Å². The molecule has 0 aromatic carbocycles. The quantitative estimate of drug-likeness (QED) is 0.544. The SMILES string of the molecule is CNC(=O)CNC(=O)c1sc(N2CCNCC2)nc1N. The summed E-state index contributed by atoms with van der Waals surface area (Å²) in [6.07, 6.45) is 0. The van der Waals surface area contributed by atoms with E-state index in [1.165, 1.54) is 18.4 Å². The Hall–Kier alpha value is -1.87. The van der Waals surface area contributed by atoms with Crippen molar-refractivity contribution in [3.63, 3.8) is 0 Å². The Morgan fingerprint density at radius 1 is 1.45 bits per heavy atom. The molecular formula is C11H18N6O2S. The van der Waals surface area contributed by atoms with Gasteiger partial charge in [0.2, 0.25) is 5.91 Å². The Morgan fingerprint density at radius 2 is 2.15 bits per heavy atom. The summed E-state index contributed by atoms with van der Waals surface area (Å²) in [6.45, 7) is 3.38. The molecule has 0 radical (unpaired) electrons. The predicted molar refractivity (Wildman–Crippen MR) is 78.0 cm³/mol. The molecule has 1 aliphatic heterocycles. The third kappa shape index (κ3) is 3.36. The van der Waals surface area contributed by atoms with E-state index in [0.29, 0.717) is 4.88 Å². The lowest BCUT2D eigenvalue weighted by Gasteiger charge is -2.26. The minimum atomic E-state index is -0.370. The van der Waals surface area contributed by atoms with Crippen LogP contribution in [-0.4, -0.2) is 56.6 Å². The van der Waals surface area contributed by atoms with E-state index in [1.54, 1.807) is 0 Å². The number of nitrogen functional groups attached to an aromatic ring is 1. The zero-order valence-electron chi connectivity index (χ0n) is 11.2. The van der Waals surface area contributed by atoms with Gasteiger partial charge in [-0.15, -0.1) is 0 Å². The molecule has 8 nitrogen and oxygen atoms in total. The van der Waals surface area contributed by atoms with Gasteiger partial charge in [0.15, 0.2) is 5.13 Å². The highest BCUT2D eigenvalue weighted by atomic mass is 32.1. The van der Waals surface area contributed by atoms with Crippen LogP contribution in [0, 0.1) is 0 Å². The monoisotopic (exact) mass is 298 g/mol. The van der Waals surface area contributed by atoms with Crippen LogP contribution in [0.15, 0.2) is 0 Å². The Morgan fingerprint density at radius 3 is 2.80 bits per heavy atom. The van der Waals surface area contributed by atoms with Gasteiger partial charge in [0.1, 0.15) is 10.7 Å². The number of nitrogens with one attached hydrogen (secondary N) is 3. The molecule has 0 atom stereocenters. The first-order chi connectivity index (χ1) is 9.61. The predicted octanol–water partition coefficient (Wildman–Crippen LogP) is -1.39. The van der Waals surface area contributed by atoms with Crippen LogP contribution in [0.2, 0.25) is 0 Å². The maximum absolute atomic E-state index is 12.0. The standard InChI is InChI=1S/C11H18N6O2S/c1-13-7(18)6-15-10(19)8-9(12)16-11(20-8)17-4-2-14-3-5-17/h14H,2-6,12H2,1H3,(H,13,18)(H,15,19). The number of thiazole rings is 1. The lowest BCUT2D eigenvalue weighted by Crippen LogP contribution is -2.43. The molecule has 2 amide bonds. The van der Waals surface area contributed by atoms with Crippen molar-refractivity contribution in [2.24, 2.45) is 0 Å². The number of aromatic nitrogens is 1. The summed E-state index contributed by atoms with van der Waals surface area (Å²) in [5.41, 5.74) is 5.78. The molecule has 2 rings (SSSR count). The van der Waals surface area contributed by atoms with Gasteiger partial charge in [-0.1, -0.05) is 11.3 Å². The van der Waals surface area contributed by atoms with E-state index in [4.69, 9.17) is 5.73 Å². The lowest BCUT2D eigenvalue weighted by molar-refractivity contribution is -0.119. The molecule has 0 saturated carbocycles. The maximum Gasteiger partial charge on any atom is 0.265 e. The highest BCUT2D eigenvalue weighted by molar-refractivity contribution is 7.18. The first-order valence-electron chi connectivity index (χ1n) is 6.32. The van der Waals surface area contributed by atoms with E-state index in [1.807, 2.05) is 0 Å². The smallest absolute Gasteiger partial charge is 0.265 e. The molecule has 0 bridgehead atoms. The van der Waals surface area contributed by atoms with E-state index < -0.39 is 0 Å². The number of carbonyl (C=O) groups is 2. The molecule has 5 N–H and O–H groups in total. The average Bonchev–Trinajstić information content (AvgIpc) is 2.87. The zero-order valence-corrected chi connectivity index (χ0v) is 12.0. The number of rotatable bonds is 4. The van der Waals surface area contributed by atoms with Gasteiger partial charge in [-0.2, -0.15) is 0 Å². The first kappa shape index (κ1) is 14.5. The van der Waals surface area contributed by atoms with Crippen molar-refractivity contribution in [1.82, 2.24) is 20.9 Å². The Kier molecular flexibility index (Phi) is 4.74. The van der Waals surface area contributed by atoms with Crippen LogP contribution in [0.25, 0.3) is 0 Å². The third-order valence-electron chi connectivity index (χ3n) is 2.92. The number of piperazine rings is 1. The molecule has 1 saturated heterocycles. The van der Waals surface area contributed by atoms with E-state index in [0.717, 1.165) is 31.3 Å². The van der Waals surface area contributed by atoms with E-state index >= 15 is 0 Å². The number of anilines is 2. The molecule has 1 aromatic rings. The molecule has 1 aromatic heterocycles. The van der Waals surface area contributed by atoms with Crippen LogP contribution in [0.1, 0.15) is 9.67 Å². The Bertz CT molecular complexity index is 497. The second-order valence-electron chi connectivity index (χ2n) is 4.30. The van der Waals surface area contributed by atoms with Crippen LogP contribution in [0.5, 0.6) is 0 Å². The molecule has 0 aliphatic carbocycles. The second kappa shape index (κ2) is 6.53. The molecule has 1 fully saturated rings.